The van der Waals surface area contributed by atoms with Gasteiger partial charge in [0.15, 0.2) is 0 Å². The highest BCUT2D eigenvalue weighted by Crippen LogP contribution is 2.33. The van der Waals surface area contributed by atoms with E-state index < -0.39 is 21.3 Å². The molecule has 1 aliphatic rings. The Morgan fingerprint density at radius 2 is 2.11 bits per heavy atom. The van der Waals surface area contributed by atoms with E-state index >= 15 is 0 Å². The molecule has 1 aliphatic heterocycles. The summed E-state index contributed by atoms with van der Waals surface area (Å²) in [4.78, 5) is 11.5. The third-order valence-corrected chi connectivity index (χ3v) is 5.37. The molecule has 1 atom stereocenters. The van der Waals surface area contributed by atoms with E-state index in [0.29, 0.717) is 12.1 Å². The average molecular weight is 283 g/mol. The minimum atomic E-state index is -3.62. The van der Waals surface area contributed by atoms with Gasteiger partial charge in [-0.1, -0.05) is 6.07 Å². The topological polar surface area (TPSA) is 106 Å². The highest BCUT2D eigenvalue weighted by Gasteiger charge is 2.43. The number of nitrogen functional groups attached to an aromatic ring is 1. The highest BCUT2D eigenvalue weighted by atomic mass is 32.2. The lowest BCUT2D eigenvalue weighted by atomic mass is 9.89. The van der Waals surface area contributed by atoms with E-state index in [2.05, 4.69) is 0 Å². The minimum absolute atomic E-state index is 0.111. The van der Waals surface area contributed by atoms with Gasteiger partial charge >= 0.3 is 0 Å². The molecule has 1 unspecified atom stereocenters. The summed E-state index contributed by atoms with van der Waals surface area (Å²) in [5.41, 5.74) is 10.5. The summed E-state index contributed by atoms with van der Waals surface area (Å²) in [7, 11) is -3.62. The molecule has 2 rings (SSSR count). The zero-order chi connectivity index (χ0) is 14.3. The molecule has 0 aliphatic carbocycles. The summed E-state index contributed by atoms with van der Waals surface area (Å²) in [6, 6.07) is 6.11. The van der Waals surface area contributed by atoms with Crippen LogP contribution in [0.25, 0.3) is 0 Å². The molecule has 6 nitrogen and oxygen atoms in total. The smallest absolute Gasteiger partial charge is 0.243 e. The third-order valence-electron chi connectivity index (χ3n) is 3.53. The average Bonchev–Trinajstić information content (AvgIpc) is 2.74. The molecule has 0 spiro atoms. The quantitative estimate of drug-likeness (QED) is 0.770. The molecule has 0 aromatic heterocycles. The molecule has 1 fully saturated rings. The summed E-state index contributed by atoms with van der Waals surface area (Å²) in [5.74, 6) is -0.474. The molecule has 104 valence electrons. The first-order valence-corrected chi connectivity index (χ1v) is 7.35. The van der Waals surface area contributed by atoms with Crippen LogP contribution in [0.2, 0.25) is 0 Å². The lowest BCUT2D eigenvalue weighted by Gasteiger charge is -2.21. The number of carbonyl (C=O) groups excluding carboxylic acids is 1. The maximum atomic E-state index is 12.4. The van der Waals surface area contributed by atoms with Crippen molar-refractivity contribution in [3.05, 3.63) is 24.3 Å². The van der Waals surface area contributed by atoms with Crippen LogP contribution in [0.5, 0.6) is 0 Å². The van der Waals surface area contributed by atoms with Crippen molar-refractivity contribution in [2.75, 3.05) is 18.8 Å². The number of sulfonamides is 1. The maximum Gasteiger partial charge on any atom is 0.243 e. The van der Waals surface area contributed by atoms with Crippen molar-refractivity contribution in [2.24, 2.45) is 11.1 Å². The van der Waals surface area contributed by atoms with Crippen molar-refractivity contribution in [3.8, 4) is 0 Å². The van der Waals surface area contributed by atoms with E-state index in [4.69, 9.17) is 11.5 Å². The Morgan fingerprint density at radius 1 is 1.42 bits per heavy atom. The van der Waals surface area contributed by atoms with Gasteiger partial charge in [0.05, 0.1) is 10.3 Å². The van der Waals surface area contributed by atoms with Crippen LogP contribution in [0.1, 0.15) is 13.3 Å². The van der Waals surface area contributed by atoms with Crippen LogP contribution >= 0.6 is 0 Å². The van der Waals surface area contributed by atoms with E-state index in [1.165, 1.54) is 16.4 Å². The van der Waals surface area contributed by atoms with Crippen molar-refractivity contribution in [2.45, 2.75) is 18.2 Å². The van der Waals surface area contributed by atoms with Crippen molar-refractivity contribution in [3.63, 3.8) is 0 Å². The van der Waals surface area contributed by atoms with E-state index in [0.717, 1.165) is 0 Å². The van der Waals surface area contributed by atoms with Gasteiger partial charge < -0.3 is 11.5 Å². The van der Waals surface area contributed by atoms with Gasteiger partial charge in [0.1, 0.15) is 0 Å². The van der Waals surface area contributed by atoms with Crippen LogP contribution in [0.3, 0.4) is 0 Å². The van der Waals surface area contributed by atoms with Crippen molar-refractivity contribution >= 4 is 21.6 Å². The Morgan fingerprint density at radius 3 is 2.63 bits per heavy atom. The summed E-state index contributed by atoms with van der Waals surface area (Å²) < 4.78 is 26.1. The predicted molar refractivity (Wildman–Crippen MR) is 71.5 cm³/mol. The molecular weight excluding hydrogens is 266 g/mol. The largest absolute Gasteiger partial charge is 0.399 e. The second-order valence-corrected chi connectivity index (χ2v) is 7.02. The number of anilines is 1. The zero-order valence-corrected chi connectivity index (χ0v) is 11.5. The van der Waals surface area contributed by atoms with Gasteiger partial charge in [0.25, 0.3) is 0 Å². The fourth-order valence-corrected chi connectivity index (χ4v) is 3.77. The maximum absolute atomic E-state index is 12.4. The minimum Gasteiger partial charge on any atom is -0.399 e. The van der Waals surface area contributed by atoms with E-state index in [1.807, 2.05) is 0 Å². The number of benzene rings is 1. The molecule has 1 saturated heterocycles. The van der Waals surface area contributed by atoms with Crippen LogP contribution in [0.15, 0.2) is 29.2 Å². The van der Waals surface area contributed by atoms with E-state index in [-0.39, 0.29) is 18.0 Å². The van der Waals surface area contributed by atoms with Gasteiger partial charge in [-0.15, -0.1) is 0 Å². The molecule has 1 amide bonds. The number of hydrogen-bond acceptors (Lipinski definition) is 4. The Bertz CT molecular complexity index is 614. The fraction of sp³-hybridized carbons (Fsp3) is 0.417. The first-order chi connectivity index (χ1) is 8.75. The van der Waals surface area contributed by atoms with Gasteiger partial charge in [0.2, 0.25) is 15.9 Å². The summed E-state index contributed by atoms with van der Waals surface area (Å²) >= 11 is 0. The van der Waals surface area contributed by atoms with Crippen LogP contribution in [0.4, 0.5) is 5.69 Å². The number of nitrogens with two attached hydrogens (primary N) is 2. The number of amides is 1. The molecule has 1 aromatic carbocycles. The highest BCUT2D eigenvalue weighted by molar-refractivity contribution is 7.89. The number of primary amides is 1. The number of carbonyl (C=O) groups is 1. The van der Waals surface area contributed by atoms with Gasteiger partial charge in [-0.2, -0.15) is 4.31 Å². The Labute approximate surface area is 112 Å². The fourth-order valence-electron chi connectivity index (χ4n) is 2.15. The Kier molecular flexibility index (Phi) is 3.27. The lowest BCUT2D eigenvalue weighted by Crippen LogP contribution is -2.38. The monoisotopic (exact) mass is 283 g/mol. The first-order valence-electron chi connectivity index (χ1n) is 5.91. The second kappa shape index (κ2) is 4.50. The van der Waals surface area contributed by atoms with Gasteiger partial charge in [-0.3, -0.25) is 4.79 Å². The normalized spacial score (nSPS) is 24.5. The number of rotatable bonds is 3. The molecule has 19 heavy (non-hydrogen) atoms. The molecule has 7 heteroatoms. The van der Waals surface area contributed by atoms with Gasteiger partial charge in [0, 0.05) is 18.8 Å². The van der Waals surface area contributed by atoms with Crippen LogP contribution in [0, 0.1) is 5.41 Å². The number of hydrogen-bond donors (Lipinski definition) is 2. The van der Waals surface area contributed by atoms with Crippen LogP contribution in [-0.4, -0.2) is 31.7 Å². The molecule has 1 heterocycles. The molecule has 0 saturated carbocycles. The molecule has 1 aromatic rings. The predicted octanol–water partition coefficient (Wildman–Crippen LogP) is 0.155. The molecular formula is C12H17N3O3S. The second-order valence-electron chi connectivity index (χ2n) is 5.09. The number of nitrogens with zero attached hydrogens (tertiary/aromatic N) is 1. The Hall–Kier alpha value is -1.60. The van der Waals surface area contributed by atoms with Crippen molar-refractivity contribution < 1.29 is 13.2 Å². The first kappa shape index (κ1) is 13.8. The zero-order valence-electron chi connectivity index (χ0n) is 10.7. The van der Waals surface area contributed by atoms with Crippen LogP contribution < -0.4 is 11.5 Å². The summed E-state index contributed by atoms with van der Waals surface area (Å²) in [5, 5.41) is 0. The third kappa shape index (κ3) is 2.43. The van der Waals surface area contributed by atoms with Gasteiger partial charge in [-0.05, 0) is 31.5 Å². The van der Waals surface area contributed by atoms with Crippen molar-refractivity contribution in [1.82, 2.24) is 4.31 Å². The van der Waals surface area contributed by atoms with Crippen molar-refractivity contribution in [1.29, 1.82) is 0 Å². The van der Waals surface area contributed by atoms with Crippen LogP contribution in [-0.2, 0) is 14.8 Å². The van der Waals surface area contributed by atoms with E-state index in [1.54, 1.807) is 19.1 Å². The summed E-state index contributed by atoms with van der Waals surface area (Å²) in [6.45, 7) is 2.08. The molecule has 0 bridgehead atoms. The van der Waals surface area contributed by atoms with Gasteiger partial charge in [-0.25, -0.2) is 8.42 Å². The summed E-state index contributed by atoms with van der Waals surface area (Å²) in [6.07, 6.45) is 0.434. The molecule has 0 radical (unpaired) electrons. The lowest BCUT2D eigenvalue weighted by molar-refractivity contribution is -0.126. The standard InChI is InChI=1S/C12H17N3O3S/c1-12(11(14)16)5-6-15(8-12)19(17,18)10-4-2-3-9(13)7-10/h2-4,7H,5-6,8,13H2,1H3,(H2,14,16). The Balaban J connectivity index is 2.31. The SMILES string of the molecule is CC1(C(N)=O)CCN(S(=O)(=O)c2cccc(N)c2)C1. The molecule has 4 N–H and O–H groups in total. The van der Waals surface area contributed by atoms with E-state index in [9.17, 15) is 13.2 Å².